The van der Waals surface area contributed by atoms with Gasteiger partial charge in [-0.15, -0.1) is 0 Å². The van der Waals surface area contributed by atoms with E-state index < -0.39 is 0 Å². The van der Waals surface area contributed by atoms with Gasteiger partial charge in [0.25, 0.3) is 0 Å². The molecule has 0 aliphatic heterocycles. The van der Waals surface area contributed by atoms with E-state index in [1.165, 1.54) is 5.56 Å². The number of rotatable bonds is 7. The third-order valence-corrected chi connectivity index (χ3v) is 4.43. The van der Waals surface area contributed by atoms with Crippen molar-refractivity contribution in [2.24, 2.45) is 0 Å². The average Bonchev–Trinajstić information content (AvgIpc) is 2.59. The number of hydrogen-bond acceptors (Lipinski definition) is 2. The Morgan fingerprint density at radius 3 is 2.46 bits per heavy atom. The van der Waals surface area contributed by atoms with Crippen LogP contribution in [0.2, 0.25) is 0 Å². The lowest BCUT2D eigenvalue weighted by atomic mass is 9.87. The summed E-state index contributed by atoms with van der Waals surface area (Å²) in [6.45, 7) is 8.22. The lowest BCUT2D eigenvalue weighted by Crippen LogP contribution is -2.36. The van der Waals surface area contributed by atoms with Crippen molar-refractivity contribution in [3.8, 4) is 5.75 Å². The zero-order valence-electron chi connectivity index (χ0n) is 15.6. The first-order valence-electron chi connectivity index (χ1n) is 8.84. The van der Waals surface area contributed by atoms with Crippen LogP contribution in [-0.2, 0) is 12.0 Å². The van der Waals surface area contributed by atoms with Gasteiger partial charge in [0.1, 0.15) is 5.75 Å². The molecule has 0 saturated heterocycles. The van der Waals surface area contributed by atoms with E-state index in [1.807, 2.05) is 36.4 Å². The highest BCUT2D eigenvalue weighted by atomic mass is 79.9. The molecule has 2 aromatic carbocycles. The van der Waals surface area contributed by atoms with Crippen LogP contribution < -0.4 is 15.4 Å². The minimum Gasteiger partial charge on any atom is -0.494 e. The quantitative estimate of drug-likeness (QED) is 0.620. The second-order valence-corrected chi connectivity index (χ2v) is 8.13. The highest BCUT2D eigenvalue weighted by Crippen LogP contribution is 2.24. The first-order valence-corrected chi connectivity index (χ1v) is 9.63. The molecule has 0 unspecified atom stereocenters. The predicted octanol–water partition coefficient (Wildman–Crippen LogP) is 5.01. The maximum atomic E-state index is 11.8. The molecule has 0 fully saturated rings. The van der Waals surface area contributed by atoms with E-state index in [-0.39, 0.29) is 11.4 Å². The monoisotopic (exact) mass is 418 g/mol. The maximum Gasteiger partial charge on any atom is 0.315 e. The van der Waals surface area contributed by atoms with Crippen LogP contribution in [0, 0.1) is 0 Å². The van der Waals surface area contributed by atoms with Crippen LogP contribution >= 0.6 is 15.9 Å². The van der Waals surface area contributed by atoms with Gasteiger partial charge in [0.2, 0.25) is 0 Å². The van der Waals surface area contributed by atoms with Gasteiger partial charge >= 0.3 is 6.03 Å². The second kappa shape index (κ2) is 9.62. The summed E-state index contributed by atoms with van der Waals surface area (Å²) in [5.74, 6) is 0.858. The molecule has 2 aromatic rings. The van der Waals surface area contributed by atoms with Crippen LogP contribution in [0.3, 0.4) is 0 Å². The Morgan fingerprint density at radius 1 is 1.08 bits per heavy atom. The van der Waals surface area contributed by atoms with Crippen molar-refractivity contribution in [3.63, 3.8) is 0 Å². The van der Waals surface area contributed by atoms with Crippen molar-refractivity contribution in [2.75, 3.05) is 13.2 Å². The maximum absolute atomic E-state index is 11.8. The summed E-state index contributed by atoms with van der Waals surface area (Å²) >= 11 is 3.42. The highest BCUT2D eigenvalue weighted by molar-refractivity contribution is 9.10. The van der Waals surface area contributed by atoms with E-state index in [2.05, 4.69) is 59.5 Å². The summed E-state index contributed by atoms with van der Waals surface area (Å²) in [6, 6.07) is 15.9. The number of benzene rings is 2. The summed E-state index contributed by atoms with van der Waals surface area (Å²) in [4.78, 5) is 11.8. The molecule has 2 N–H and O–H groups in total. The molecule has 0 atom stereocenters. The van der Waals surface area contributed by atoms with Gasteiger partial charge in [-0.25, -0.2) is 4.79 Å². The van der Waals surface area contributed by atoms with Gasteiger partial charge in [-0.05, 0) is 47.2 Å². The van der Waals surface area contributed by atoms with E-state index in [1.54, 1.807) is 0 Å². The molecule has 4 nitrogen and oxygen atoms in total. The molecule has 5 heteroatoms. The molecule has 0 radical (unpaired) electrons. The normalized spacial score (nSPS) is 11.1. The van der Waals surface area contributed by atoms with Gasteiger partial charge < -0.3 is 15.4 Å². The SMILES string of the molecule is CC(C)(C)c1ccc(OCCCNC(=O)NCc2cccc(Br)c2)cc1. The Kier molecular flexibility index (Phi) is 7.51. The number of amides is 2. The van der Waals surface area contributed by atoms with Crippen LogP contribution in [0.25, 0.3) is 0 Å². The van der Waals surface area contributed by atoms with Gasteiger partial charge in [0.15, 0.2) is 0 Å². The van der Waals surface area contributed by atoms with Gasteiger partial charge in [-0.3, -0.25) is 0 Å². The smallest absolute Gasteiger partial charge is 0.315 e. The van der Waals surface area contributed by atoms with Crippen molar-refractivity contribution in [1.82, 2.24) is 10.6 Å². The van der Waals surface area contributed by atoms with Crippen molar-refractivity contribution < 1.29 is 9.53 Å². The number of carbonyl (C=O) groups is 1. The van der Waals surface area contributed by atoms with E-state index in [0.29, 0.717) is 19.7 Å². The molecule has 0 heterocycles. The number of urea groups is 1. The fourth-order valence-corrected chi connectivity index (χ4v) is 2.85. The molecule has 140 valence electrons. The molecular formula is C21H27BrN2O2. The van der Waals surface area contributed by atoms with E-state index in [0.717, 1.165) is 22.2 Å². The molecule has 26 heavy (non-hydrogen) atoms. The molecule has 0 saturated carbocycles. The number of halogens is 1. The van der Waals surface area contributed by atoms with Gasteiger partial charge in [-0.1, -0.05) is 61.0 Å². The topological polar surface area (TPSA) is 50.4 Å². The molecule has 0 aliphatic rings. The largest absolute Gasteiger partial charge is 0.494 e. The molecule has 2 rings (SSSR count). The van der Waals surface area contributed by atoms with Gasteiger partial charge in [0.05, 0.1) is 6.61 Å². The number of carbonyl (C=O) groups excluding carboxylic acids is 1. The van der Waals surface area contributed by atoms with E-state index in [4.69, 9.17) is 4.74 Å². The molecular weight excluding hydrogens is 392 g/mol. The summed E-state index contributed by atoms with van der Waals surface area (Å²) in [5.41, 5.74) is 2.48. The average molecular weight is 419 g/mol. The summed E-state index contributed by atoms with van der Waals surface area (Å²) < 4.78 is 6.73. The van der Waals surface area contributed by atoms with Crippen molar-refractivity contribution in [3.05, 3.63) is 64.1 Å². The van der Waals surface area contributed by atoms with Crippen LogP contribution in [0.4, 0.5) is 4.79 Å². The number of nitrogens with one attached hydrogen (secondary N) is 2. The zero-order valence-corrected chi connectivity index (χ0v) is 17.2. The van der Waals surface area contributed by atoms with Crippen LogP contribution in [0.15, 0.2) is 53.0 Å². The third kappa shape index (κ3) is 7.08. The highest BCUT2D eigenvalue weighted by Gasteiger charge is 2.12. The molecule has 0 bridgehead atoms. The van der Waals surface area contributed by atoms with Gasteiger partial charge in [0, 0.05) is 17.6 Å². The Hall–Kier alpha value is -2.01. The van der Waals surface area contributed by atoms with Crippen molar-refractivity contribution in [1.29, 1.82) is 0 Å². The number of ether oxygens (including phenoxy) is 1. The molecule has 0 aromatic heterocycles. The minimum absolute atomic E-state index is 0.144. The van der Waals surface area contributed by atoms with E-state index in [9.17, 15) is 4.79 Å². The van der Waals surface area contributed by atoms with Crippen molar-refractivity contribution >= 4 is 22.0 Å². The van der Waals surface area contributed by atoms with Crippen LogP contribution in [-0.4, -0.2) is 19.2 Å². The van der Waals surface area contributed by atoms with E-state index >= 15 is 0 Å². The van der Waals surface area contributed by atoms with Crippen LogP contribution in [0.1, 0.15) is 38.3 Å². The third-order valence-electron chi connectivity index (χ3n) is 3.94. The fourth-order valence-electron chi connectivity index (χ4n) is 2.41. The minimum atomic E-state index is -0.167. The van der Waals surface area contributed by atoms with Crippen molar-refractivity contribution in [2.45, 2.75) is 39.2 Å². The lowest BCUT2D eigenvalue weighted by Gasteiger charge is -2.19. The van der Waals surface area contributed by atoms with Gasteiger partial charge in [-0.2, -0.15) is 0 Å². The Bertz CT molecular complexity index is 709. The second-order valence-electron chi connectivity index (χ2n) is 7.22. The summed E-state index contributed by atoms with van der Waals surface area (Å²) in [6.07, 6.45) is 0.755. The lowest BCUT2D eigenvalue weighted by molar-refractivity contribution is 0.238. The fraction of sp³-hybridized carbons (Fsp3) is 0.381. The first-order chi connectivity index (χ1) is 12.3. The Labute approximate surface area is 164 Å². The summed E-state index contributed by atoms with van der Waals surface area (Å²) in [5, 5.41) is 5.68. The Morgan fingerprint density at radius 2 is 1.81 bits per heavy atom. The van der Waals surface area contributed by atoms with Crippen LogP contribution in [0.5, 0.6) is 5.75 Å². The number of hydrogen-bond donors (Lipinski definition) is 2. The summed E-state index contributed by atoms with van der Waals surface area (Å²) in [7, 11) is 0. The molecule has 0 aliphatic carbocycles. The predicted molar refractivity (Wildman–Crippen MR) is 110 cm³/mol. The molecule has 2 amide bonds. The standard InChI is InChI=1S/C21H27BrN2O2/c1-21(2,3)17-8-10-19(11-9-17)26-13-5-12-23-20(25)24-15-16-6-4-7-18(22)14-16/h4,6-11,14H,5,12-13,15H2,1-3H3,(H2,23,24,25). The molecule has 0 spiro atoms. The zero-order chi connectivity index (χ0) is 19.0. The Balaban J connectivity index is 1.60. The first kappa shape index (κ1) is 20.3.